The van der Waals surface area contributed by atoms with Crippen molar-refractivity contribution in [2.24, 2.45) is 0 Å². The molecule has 1 aliphatic rings. The average molecular weight is 423 g/mol. The van der Waals surface area contributed by atoms with Gasteiger partial charge in [0.15, 0.2) is 0 Å². The Morgan fingerprint density at radius 3 is 1.80 bits per heavy atom. The Balaban J connectivity index is 2.45. The van der Waals surface area contributed by atoms with Gasteiger partial charge in [0.1, 0.15) is 23.3 Å². The molecule has 0 aromatic carbocycles. The van der Waals surface area contributed by atoms with Gasteiger partial charge in [-0.15, -0.1) is 0 Å². The lowest BCUT2D eigenvalue weighted by Crippen LogP contribution is -2.38. The number of hydrogen-bond acceptors (Lipinski definition) is 4. The molecule has 1 aliphatic heterocycles. The van der Waals surface area contributed by atoms with E-state index in [-0.39, 0.29) is 23.3 Å². The Morgan fingerprint density at radius 1 is 0.720 bits per heavy atom. The first-order valence-electron chi connectivity index (χ1n) is 10.3. The van der Waals surface area contributed by atoms with Crippen molar-refractivity contribution in [2.75, 3.05) is 26.4 Å². The lowest BCUT2D eigenvalue weighted by molar-refractivity contribution is -0.0797. The van der Waals surface area contributed by atoms with Gasteiger partial charge in [-0.05, 0) is 19.3 Å². The zero-order chi connectivity index (χ0) is 18.3. The number of unbranched alkanes of at least 4 members (excludes halogenated alkanes) is 6. The third kappa shape index (κ3) is 9.71. The van der Waals surface area contributed by atoms with Gasteiger partial charge in [0, 0.05) is 19.8 Å². The molecule has 0 radical (unpaired) electrons. The summed E-state index contributed by atoms with van der Waals surface area (Å²) in [6.45, 7) is 9.53. The maximum atomic E-state index is 6.18. The number of alkyl halides is 1. The third-order valence-electron chi connectivity index (χ3n) is 4.54. The van der Waals surface area contributed by atoms with Crippen LogP contribution in [-0.4, -0.2) is 49.8 Å². The van der Waals surface area contributed by atoms with E-state index in [0.717, 1.165) is 39.1 Å². The SMILES string of the molecule is CCCCCOC[C@H]1O[C@H](Br)[C@@H](OCCCCC)[C@@H]1OCCCCC. The van der Waals surface area contributed by atoms with E-state index in [1.807, 2.05) is 0 Å². The number of halogens is 1. The second-order valence-corrected chi connectivity index (χ2v) is 7.80. The summed E-state index contributed by atoms with van der Waals surface area (Å²) in [6.07, 6.45) is 10.4. The van der Waals surface area contributed by atoms with Gasteiger partial charge in [-0.1, -0.05) is 75.2 Å². The van der Waals surface area contributed by atoms with Crippen LogP contribution in [0.5, 0.6) is 0 Å². The molecular weight excluding hydrogens is 384 g/mol. The first-order valence-corrected chi connectivity index (χ1v) is 11.3. The second kappa shape index (κ2) is 15.4. The summed E-state index contributed by atoms with van der Waals surface area (Å²) in [4.78, 5) is 0. The van der Waals surface area contributed by atoms with Crippen LogP contribution < -0.4 is 0 Å². The van der Waals surface area contributed by atoms with Crippen LogP contribution >= 0.6 is 15.9 Å². The van der Waals surface area contributed by atoms with Crippen molar-refractivity contribution < 1.29 is 18.9 Å². The van der Waals surface area contributed by atoms with Gasteiger partial charge in [-0.2, -0.15) is 0 Å². The van der Waals surface area contributed by atoms with E-state index in [2.05, 4.69) is 36.7 Å². The van der Waals surface area contributed by atoms with Crippen molar-refractivity contribution in [3.8, 4) is 0 Å². The average Bonchev–Trinajstić information content (AvgIpc) is 2.90. The fourth-order valence-corrected chi connectivity index (χ4v) is 3.72. The summed E-state index contributed by atoms with van der Waals surface area (Å²) in [5, 5.41) is -0.116. The third-order valence-corrected chi connectivity index (χ3v) is 5.28. The second-order valence-electron chi connectivity index (χ2n) is 6.89. The minimum Gasteiger partial charge on any atom is -0.379 e. The van der Waals surface area contributed by atoms with Crippen LogP contribution in [0.15, 0.2) is 0 Å². The molecule has 0 spiro atoms. The number of rotatable bonds is 16. The molecule has 0 bridgehead atoms. The van der Waals surface area contributed by atoms with Crippen molar-refractivity contribution in [2.45, 2.75) is 102 Å². The quantitative estimate of drug-likeness (QED) is 0.244. The zero-order valence-corrected chi connectivity index (χ0v) is 18.1. The molecule has 1 fully saturated rings. The molecule has 1 rings (SSSR count). The summed E-state index contributed by atoms with van der Waals surface area (Å²) < 4.78 is 24.2. The normalized spacial score (nSPS) is 26.4. The summed E-state index contributed by atoms with van der Waals surface area (Å²) in [5.74, 6) is 0. The zero-order valence-electron chi connectivity index (χ0n) is 16.5. The maximum Gasteiger partial charge on any atom is 0.141 e. The largest absolute Gasteiger partial charge is 0.379 e. The lowest BCUT2D eigenvalue weighted by atomic mass is 10.1. The highest BCUT2D eigenvalue weighted by atomic mass is 79.9. The van der Waals surface area contributed by atoms with Crippen molar-refractivity contribution in [3.05, 3.63) is 0 Å². The summed E-state index contributed by atoms with van der Waals surface area (Å²) in [7, 11) is 0. The lowest BCUT2D eigenvalue weighted by Gasteiger charge is -2.24. The van der Waals surface area contributed by atoms with Gasteiger partial charge >= 0.3 is 0 Å². The predicted octanol–water partition coefficient (Wildman–Crippen LogP) is 5.46. The molecule has 0 saturated carbocycles. The fraction of sp³-hybridized carbons (Fsp3) is 1.00. The van der Waals surface area contributed by atoms with Gasteiger partial charge in [0.25, 0.3) is 0 Å². The monoisotopic (exact) mass is 422 g/mol. The minimum absolute atomic E-state index is 0.0472. The number of ether oxygens (including phenoxy) is 4. The van der Waals surface area contributed by atoms with Gasteiger partial charge in [-0.3, -0.25) is 0 Å². The molecule has 150 valence electrons. The van der Waals surface area contributed by atoms with Gasteiger partial charge in [0.05, 0.1) is 6.61 Å². The van der Waals surface area contributed by atoms with Crippen LogP contribution in [0.4, 0.5) is 0 Å². The number of hydrogen-bond donors (Lipinski definition) is 0. The van der Waals surface area contributed by atoms with E-state index in [9.17, 15) is 0 Å². The fourth-order valence-electron chi connectivity index (χ4n) is 2.99. The smallest absolute Gasteiger partial charge is 0.141 e. The molecule has 5 heteroatoms. The first-order chi connectivity index (χ1) is 12.2. The van der Waals surface area contributed by atoms with Crippen LogP contribution in [0.3, 0.4) is 0 Å². The van der Waals surface area contributed by atoms with E-state index < -0.39 is 0 Å². The molecular formula is C20H39BrO4. The molecule has 4 atom stereocenters. The molecule has 0 aliphatic carbocycles. The molecule has 0 unspecified atom stereocenters. The first kappa shape index (κ1) is 23.4. The summed E-state index contributed by atoms with van der Waals surface area (Å²) in [5.41, 5.74) is 0. The predicted molar refractivity (Wildman–Crippen MR) is 106 cm³/mol. The van der Waals surface area contributed by atoms with Gasteiger partial charge in [0.2, 0.25) is 0 Å². The van der Waals surface area contributed by atoms with E-state index in [4.69, 9.17) is 18.9 Å². The highest BCUT2D eigenvalue weighted by molar-refractivity contribution is 9.09. The summed E-state index contributed by atoms with van der Waals surface area (Å²) in [6, 6.07) is 0. The molecule has 0 amide bonds. The Kier molecular flexibility index (Phi) is 14.4. The molecule has 0 aromatic heterocycles. The Morgan fingerprint density at radius 2 is 1.24 bits per heavy atom. The molecule has 0 N–H and O–H groups in total. The van der Waals surface area contributed by atoms with Gasteiger partial charge in [-0.25, -0.2) is 0 Å². The highest BCUT2D eigenvalue weighted by Gasteiger charge is 2.45. The van der Waals surface area contributed by atoms with Crippen LogP contribution in [0.1, 0.15) is 78.6 Å². The van der Waals surface area contributed by atoms with Crippen LogP contribution in [0.2, 0.25) is 0 Å². The van der Waals surface area contributed by atoms with Crippen molar-refractivity contribution in [1.29, 1.82) is 0 Å². The van der Waals surface area contributed by atoms with Crippen molar-refractivity contribution in [3.63, 3.8) is 0 Å². The van der Waals surface area contributed by atoms with Crippen LogP contribution in [0.25, 0.3) is 0 Å². The Labute approximate surface area is 163 Å². The van der Waals surface area contributed by atoms with Crippen molar-refractivity contribution >= 4 is 15.9 Å². The Hall–Kier alpha value is 0.320. The highest BCUT2D eigenvalue weighted by Crippen LogP contribution is 2.31. The topological polar surface area (TPSA) is 36.9 Å². The molecule has 4 nitrogen and oxygen atoms in total. The summed E-state index contributed by atoms with van der Waals surface area (Å²) >= 11 is 3.63. The standard InChI is InChI=1S/C20H39BrO4/c1-4-7-10-13-22-16-17-18(23-14-11-8-5-2)19(20(21)25-17)24-15-12-9-6-3/h17-20H,4-16H2,1-3H3/t17-,18-,19+,20+/m1/s1. The van der Waals surface area contributed by atoms with Crippen LogP contribution in [-0.2, 0) is 18.9 Å². The van der Waals surface area contributed by atoms with E-state index in [1.54, 1.807) is 0 Å². The van der Waals surface area contributed by atoms with Crippen LogP contribution in [0, 0.1) is 0 Å². The minimum atomic E-state index is -0.116. The van der Waals surface area contributed by atoms with Gasteiger partial charge < -0.3 is 18.9 Å². The van der Waals surface area contributed by atoms with E-state index in [1.165, 1.54) is 38.5 Å². The van der Waals surface area contributed by atoms with E-state index >= 15 is 0 Å². The molecule has 1 heterocycles. The van der Waals surface area contributed by atoms with Crippen molar-refractivity contribution in [1.82, 2.24) is 0 Å². The molecule has 1 saturated heterocycles. The van der Waals surface area contributed by atoms with E-state index in [0.29, 0.717) is 6.61 Å². The Bertz CT molecular complexity index is 303. The molecule has 25 heavy (non-hydrogen) atoms. The molecule has 0 aromatic rings. The maximum absolute atomic E-state index is 6.18.